The number of rotatable bonds is 4. The van der Waals surface area contributed by atoms with Gasteiger partial charge in [0.05, 0.1) is 16.6 Å². The minimum Gasteiger partial charge on any atom is -0.507 e. The van der Waals surface area contributed by atoms with E-state index in [2.05, 4.69) is 51.3 Å². The summed E-state index contributed by atoms with van der Waals surface area (Å²) in [5.74, 6) is 1.17. The average molecular weight is 448 g/mol. The van der Waals surface area contributed by atoms with E-state index in [1.807, 2.05) is 12.1 Å². The highest BCUT2D eigenvalue weighted by atomic mass is 32.1. The summed E-state index contributed by atoms with van der Waals surface area (Å²) >= 11 is 1.28. The lowest BCUT2D eigenvalue weighted by molar-refractivity contribution is 0.207. The van der Waals surface area contributed by atoms with Crippen LogP contribution in [-0.4, -0.2) is 49.4 Å². The fourth-order valence-electron chi connectivity index (χ4n) is 5.17. The van der Waals surface area contributed by atoms with Gasteiger partial charge in [-0.05, 0) is 57.2 Å². The Kier molecular flexibility index (Phi) is 4.87. The molecule has 0 spiro atoms. The van der Waals surface area contributed by atoms with Crippen LogP contribution in [0, 0.1) is 11.3 Å². The van der Waals surface area contributed by atoms with Gasteiger partial charge in [-0.25, -0.2) is 9.97 Å². The highest BCUT2D eigenvalue weighted by molar-refractivity contribution is 7.15. The minimum absolute atomic E-state index is 0.0630. The molecule has 9 heteroatoms. The largest absolute Gasteiger partial charge is 0.507 e. The first-order chi connectivity index (χ1) is 15.3. The second-order valence-electron chi connectivity index (χ2n) is 9.43. The lowest BCUT2D eigenvalue weighted by Gasteiger charge is -2.45. The maximum absolute atomic E-state index is 10.6. The van der Waals surface area contributed by atoms with Crippen molar-refractivity contribution in [3.05, 3.63) is 35.6 Å². The van der Waals surface area contributed by atoms with Gasteiger partial charge in [-0.15, -0.1) is 21.5 Å². The third kappa shape index (κ3) is 3.70. The highest BCUT2D eigenvalue weighted by Crippen LogP contribution is 2.43. The normalized spacial score (nSPS) is 26.6. The van der Waals surface area contributed by atoms with Crippen LogP contribution in [-0.2, 0) is 0 Å². The number of piperidine rings is 1. The number of phenols is 1. The highest BCUT2D eigenvalue weighted by Gasteiger charge is 2.49. The molecule has 32 heavy (non-hydrogen) atoms. The van der Waals surface area contributed by atoms with Gasteiger partial charge in [-0.2, -0.15) is 5.26 Å². The third-order valence-corrected chi connectivity index (χ3v) is 7.74. The summed E-state index contributed by atoms with van der Waals surface area (Å²) < 4.78 is 0. The van der Waals surface area contributed by atoms with Crippen LogP contribution in [0.5, 0.6) is 5.75 Å². The summed E-state index contributed by atoms with van der Waals surface area (Å²) in [7, 11) is 2.06. The van der Waals surface area contributed by atoms with Crippen molar-refractivity contribution < 1.29 is 5.11 Å². The molecule has 2 aromatic heterocycles. The van der Waals surface area contributed by atoms with Crippen LogP contribution >= 0.6 is 11.3 Å². The fraction of sp³-hybridized carbons (Fsp3) is 0.435. The second kappa shape index (κ2) is 7.50. The average Bonchev–Trinajstić information content (AvgIpc) is 3.34. The second-order valence-corrected chi connectivity index (χ2v) is 10.5. The number of fused-ring (bicyclic) bond motifs is 2. The van der Waals surface area contributed by atoms with Crippen LogP contribution in [0.4, 0.5) is 5.82 Å². The van der Waals surface area contributed by atoms with Gasteiger partial charge in [0.15, 0.2) is 16.6 Å². The Labute approximate surface area is 191 Å². The third-order valence-electron chi connectivity index (χ3n) is 6.79. The van der Waals surface area contributed by atoms with E-state index in [1.165, 1.54) is 24.2 Å². The molecule has 2 bridgehead atoms. The van der Waals surface area contributed by atoms with Gasteiger partial charge in [-0.3, -0.25) is 0 Å². The molecule has 0 unspecified atom stereocenters. The van der Waals surface area contributed by atoms with Gasteiger partial charge in [0, 0.05) is 30.4 Å². The van der Waals surface area contributed by atoms with Crippen LogP contribution in [0.1, 0.15) is 44.5 Å². The predicted molar refractivity (Wildman–Crippen MR) is 123 cm³/mol. The molecule has 0 amide bonds. The van der Waals surface area contributed by atoms with Crippen molar-refractivity contribution in [2.45, 2.75) is 56.7 Å². The molecule has 1 aromatic carbocycles. The molecule has 0 aliphatic carbocycles. The SMILES string of the molecule is CN(c1cnc(-c2ccc(-c3cnc(C#N)s3)cc2O)nn1)[C@H]1C[C@]2(C)CC[C@](C)(C1)N2. The van der Waals surface area contributed by atoms with E-state index in [0.29, 0.717) is 22.4 Å². The number of hydrogen-bond acceptors (Lipinski definition) is 9. The molecule has 8 nitrogen and oxygen atoms in total. The number of aromatic hydroxyl groups is 1. The quantitative estimate of drug-likeness (QED) is 0.622. The molecule has 3 aromatic rings. The molecule has 2 aliphatic heterocycles. The van der Waals surface area contributed by atoms with Gasteiger partial charge in [0.2, 0.25) is 0 Å². The Morgan fingerprint density at radius 3 is 2.50 bits per heavy atom. The molecular weight excluding hydrogens is 422 g/mol. The number of thiazole rings is 1. The lowest BCUT2D eigenvalue weighted by atomic mass is 9.84. The van der Waals surface area contributed by atoms with Crippen molar-refractivity contribution in [1.29, 1.82) is 5.26 Å². The molecule has 5 rings (SSSR count). The summed E-state index contributed by atoms with van der Waals surface area (Å²) in [5.41, 5.74) is 1.65. The van der Waals surface area contributed by atoms with Crippen molar-refractivity contribution in [3.63, 3.8) is 0 Å². The Balaban J connectivity index is 1.35. The Morgan fingerprint density at radius 2 is 1.91 bits per heavy atom. The molecule has 2 saturated heterocycles. The van der Waals surface area contributed by atoms with Crippen LogP contribution in [0.3, 0.4) is 0 Å². The molecule has 2 aliphatic rings. The minimum atomic E-state index is 0.0630. The standard InChI is InChI=1S/C23H25N7OS/c1-22-6-7-23(2,29-22)10-15(9-22)30(3)19-13-26-21(28-27-19)16-5-4-14(8-17(16)31)18-12-25-20(11-24)32-18/h4-5,8,12-13,15,29,31H,6-7,9-10H2,1-3H3/t15-,22-,23+. The van der Waals surface area contributed by atoms with Gasteiger partial charge in [0.1, 0.15) is 11.8 Å². The van der Waals surface area contributed by atoms with Gasteiger partial charge in [0.25, 0.3) is 0 Å². The topological polar surface area (TPSA) is 111 Å². The van der Waals surface area contributed by atoms with E-state index in [9.17, 15) is 5.11 Å². The van der Waals surface area contributed by atoms with Crippen molar-refractivity contribution >= 4 is 17.2 Å². The zero-order valence-electron chi connectivity index (χ0n) is 18.3. The molecular formula is C23H25N7OS. The van der Waals surface area contributed by atoms with E-state index < -0.39 is 0 Å². The fourth-order valence-corrected chi connectivity index (χ4v) is 5.88. The zero-order chi connectivity index (χ0) is 22.5. The van der Waals surface area contributed by atoms with E-state index in [-0.39, 0.29) is 16.8 Å². The van der Waals surface area contributed by atoms with E-state index in [1.54, 1.807) is 24.5 Å². The number of nitriles is 1. The van der Waals surface area contributed by atoms with E-state index in [0.717, 1.165) is 29.1 Å². The maximum Gasteiger partial charge on any atom is 0.194 e. The van der Waals surface area contributed by atoms with Crippen LogP contribution in [0.2, 0.25) is 0 Å². The summed E-state index contributed by atoms with van der Waals surface area (Å²) in [6.07, 6.45) is 7.89. The molecule has 2 fully saturated rings. The first-order valence-corrected chi connectivity index (χ1v) is 11.5. The number of benzene rings is 1. The number of phenolic OH excluding ortho intramolecular Hbond substituents is 1. The van der Waals surface area contributed by atoms with E-state index in [4.69, 9.17) is 5.26 Å². The summed E-state index contributed by atoms with van der Waals surface area (Å²) in [4.78, 5) is 11.5. The molecule has 3 atom stereocenters. The van der Waals surface area contributed by atoms with E-state index >= 15 is 0 Å². The number of nitrogens with zero attached hydrogens (tertiary/aromatic N) is 6. The smallest absolute Gasteiger partial charge is 0.194 e. The number of anilines is 1. The van der Waals surface area contributed by atoms with Crippen molar-refractivity contribution in [3.8, 4) is 33.6 Å². The van der Waals surface area contributed by atoms with Crippen molar-refractivity contribution in [2.75, 3.05) is 11.9 Å². The monoisotopic (exact) mass is 447 g/mol. The molecule has 4 heterocycles. The van der Waals surface area contributed by atoms with Gasteiger partial charge in [-0.1, -0.05) is 6.07 Å². The number of hydrogen-bond donors (Lipinski definition) is 2. The van der Waals surface area contributed by atoms with Crippen LogP contribution in [0.25, 0.3) is 21.8 Å². The van der Waals surface area contributed by atoms with Gasteiger partial charge >= 0.3 is 0 Å². The zero-order valence-corrected chi connectivity index (χ0v) is 19.1. The first kappa shape index (κ1) is 20.8. The maximum atomic E-state index is 10.6. The Bertz CT molecular complexity index is 1190. The summed E-state index contributed by atoms with van der Waals surface area (Å²) in [6, 6.07) is 7.67. The molecule has 2 N–H and O–H groups in total. The Hall–Kier alpha value is -3.09. The molecule has 0 saturated carbocycles. The predicted octanol–water partition coefficient (Wildman–Crippen LogP) is 3.74. The lowest BCUT2D eigenvalue weighted by Crippen LogP contribution is -2.58. The van der Waals surface area contributed by atoms with Crippen LogP contribution in [0.15, 0.2) is 30.6 Å². The number of nitrogens with one attached hydrogen (secondary N) is 1. The van der Waals surface area contributed by atoms with Crippen LogP contribution < -0.4 is 10.2 Å². The first-order valence-electron chi connectivity index (χ1n) is 10.7. The Morgan fingerprint density at radius 1 is 1.16 bits per heavy atom. The summed E-state index contributed by atoms with van der Waals surface area (Å²) in [6.45, 7) is 4.62. The number of aromatic nitrogens is 4. The molecule has 164 valence electrons. The van der Waals surface area contributed by atoms with Crippen molar-refractivity contribution in [2.24, 2.45) is 0 Å². The van der Waals surface area contributed by atoms with Crippen molar-refractivity contribution in [1.82, 2.24) is 25.5 Å². The molecule has 0 radical (unpaired) electrons. The van der Waals surface area contributed by atoms with Gasteiger partial charge < -0.3 is 15.3 Å². The summed E-state index contributed by atoms with van der Waals surface area (Å²) in [5, 5.41) is 32.5.